The number of anilines is 1. The van der Waals surface area contributed by atoms with Gasteiger partial charge < -0.3 is 15.2 Å². The number of esters is 1. The van der Waals surface area contributed by atoms with Crippen molar-refractivity contribution >= 4 is 29.0 Å². The fraction of sp³-hybridized carbons (Fsp3) is 0.370. The number of allylic oxidation sites excluding steroid dienone is 1. The topological polar surface area (TPSA) is 95.9 Å². The van der Waals surface area contributed by atoms with Crippen LogP contribution in [0.25, 0.3) is 5.76 Å². The molecule has 0 radical (unpaired) electrons. The molecule has 0 saturated carbocycles. The zero-order valence-corrected chi connectivity index (χ0v) is 19.9. The number of piperidine rings is 1. The van der Waals surface area contributed by atoms with E-state index in [0.29, 0.717) is 28.9 Å². The number of methoxy groups -OCH3 is 1. The number of carbonyl (C=O) groups is 3. The van der Waals surface area contributed by atoms with Crippen molar-refractivity contribution < 1.29 is 28.6 Å². The monoisotopic (exact) mass is 480 g/mol. The van der Waals surface area contributed by atoms with Gasteiger partial charge in [-0.05, 0) is 66.9 Å². The largest absolute Gasteiger partial charge is 0.506 e. The van der Waals surface area contributed by atoms with Gasteiger partial charge in [0.15, 0.2) is 11.6 Å². The predicted molar refractivity (Wildman–Crippen MR) is 130 cm³/mol. The Morgan fingerprint density at radius 3 is 2.54 bits per heavy atom. The van der Waals surface area contributed by atoms with Crippen LogP contribution in [0.4, 0.5) is 10.1 Å². The minimum absolute atomic E-state index is 0.112. The third-order valence-electron chi connectivity index (χ3n) is 6.69. The van der Waals surface area contributed by atoms with Crippen molar-refractivity contribution in [2.24, 2.45) is 0 Å². The van der Waals surface area contributed by atoms with E-state index in [2.05, 4.69) is 10.2 Å². The second kappa shape index (κ2) is 10.4. The molecule has 4 rings (SSSR count). The molecule has 184 valence electrons. The van der Waals surface area contributed by atoms with Crippen molar-refractivity contribution in [3.8, 4) is 0 Å². The number of fused-ring (bicyclic) bond motifs is 1. The van der Waals surface area contributed by atoms with Gasteiger partial charge in [-0.1, -0.05) is 12.5 Å². The zero-order chi connectivity index (χ0) is 25.1. The van der Waals surface area contributed by atoms with E-state index >= 15 is 0 Å². The van der Waals surface area contributed by atoms with Crippen LogP contribution in [0, 0.1) is 5.82 Å². The second-order valence-electron chi connectivity index (χ2n) is 8.96. The Kier molecular flexibility index (Phi) is 7.31. The quantitative estimate of drug-likeness (QED) is 0.459. The maximum atomic E-state index is 14.1. The number of Topliss-reactive ketones (excluding diaryl/α,β-unsaturated/α-hetero) is 2. The highest BCUT2D eigenvalue weighted by Crippen LogP contribution is 2.34. The summed E-state index contributed by atoms with van der Waals surface area (Å²) in [5, 5.41) is 13.7. The van der Waals surface area contributed by atoms with Crippen LogP contribution in [0.5, 0.6) is 0 Å². The minimum Gasteiger partial charge on any atom is -0.506 e. The molecule has 0 atom stereocenters. The average molecular weight is 481 g/mol. The van der Waals surface area contributed by atoms with Crippen molar-refractivity contribution in [3.05, 3.63) is 69.5 Å². The van der Waals surface area contributed by atoms with Gasteiger partial charge in [0, 0.05) is 37.7 Å². The van der Waals surface area contributed by atoms with E-state index in [-0.39, 0.29) is 24.0 Å². The second-order valence-corrected chi connectivity index (χ2v) is 8.96. The molecule has 2 aliphatic rings. The van der Waals surface area contributed by atoms with Gasteiger partial charge in [0.2, 0.25) is 0 Å². The third-order valence-corrected chi connectivity index (χ3v) is 6.69. The Bertz CT molecular complexity index is 1210. The Morgan fingerprint density at radius 1 is 1.11 bits per heavy atom. The van der Waals surface area contributed by atoms with Crippen molar-refractivity contribution in [2.75, 3.05) is 32.6 Å². The molecule has 0 bridgehead atoms. The molecule has 2 aromatic carbocycles. The van der Waals surface area contributed by atoms with E-state index in [1.165, 1.54) is 19.6 Å². The molecule has 1 fully saturated rings. The van der Waals surface area contributed by atoms with E-state index in [1.54, 1.807) is 25.2 Å². The van der Waals surface area contributed by atoms with Crippen LogP contribution in [0.1, 0.15) is 51.9 Å². The number of hydrogen-bond acceptors (Lipinski definition) is 7. The number of nitrogens with one attached hydrogen (secondary N) is 1. The summed E-state index contributed by atoms with van der Waals surface area (Å²) < 4.78 is 19.0. The van der Waals surface area contributed by atoms with Crippen molar-refractivity contribution in [1.29, 1.82) is 0 Å². The van der Waals surface area contributed by atoms with Crippen LogP contribution in [-0.2, 0) is 33.7 Å². The zero-order valence-electron chi connectivity index (χ0n) is 19.9. The Labute approximate surface area is 203 Å². The lowest BCUT2D eigenvalue weighted by Gasteiger charge is -2.27. The van der Waals surface area contributed by atoms with Crippen LogP contribution in [0.15, 0.2) is 35.9 Å². The molecule has 0 unspecified atom stereocenters. The molecule has 0 amide bonds. The molecule has 1 saturated heterocycles. The molecule has 1 heterocycles. The number of aliphatic hydroxyl groups is 1. The Balaban J connectivity index is 1.68. The number of benzene rings is 2. The van der Waals surface area contributed by atoms with Crippen LogP contribution in [-0.4, -0.2) is 54.8 Å². The molecule has 7 nitrogen and oxygen atoms in total. The van der Waals surface area contributed by atoms with E-state index < -0.39 is 29.1 Å². The minimum atomic E-state index is -0.581. The number of nitrogens with zero attached hydrogens (tertiary/aromatic N) is 1. The van der Waals surface area contributed by atoms with Crippen LogP contribution in [0.3, 0.4) is 0 Å². The fourth-order valence-electron chi connectivity index (χ4n) is 4.87. The average Bonchev–Trinajstić information content (AvgIpc) is 2.85. The van der Waals surface area contributed by atoms with Crippen LogP contribution in [0.2, 0.25) is 0 Å². The lowest BCUT2D eigenvalue weighted by molar-refractivity contribution is -0.120. The molecule has 1 aliphatic carbocycles. The summed E-state index contributed by atoms with van der Waals surface area (Å²) in [7, 11) is 2.91. The molecular weight excluding hydrogens is 451 g/mol. The van der Waals surface area contributed by atoms with E-state index in [0.717, 1.165) is 37.6 Å². The molecule has 35 heavy (non-hydrogen) atoms. The van der Waals surface area contributed by atoms with Crippen LogP contribution >= 0.6 is 0 Å². The number of ketones is 2. The Hall–Kier alpha value is -3.52. The highest BCUT2D eigenvalue weighted by Gasteiger charge is 2.32. The van der Waals surface area contributed by atoms with Gasteiger partial charge in [-0.3, -0.25) is 14.5 Å². The lowest BCUT2D eigenvalue weighted by Crippen LogP contribution is -2.30. The fourth-order valence-corrected chi connectivity index (χ4v) is 4.87. The number of rotatable bonds is 7. The van der Waals surface area contributed by atoms with E-state index in [9.17, 15) is 23.9 Å². The number of likely N-dealkylation sites (tertiary alicyclic amines) is 1. The first-order valence-corrected chi connectivity index (χ1v) is 11.7. The summed E-state index contributed by atoms with van der Waals surface area (Å²) in [4.78, 5) is 40.6. The van der Waals surface area contributed by atoms with Gasteiger partial charge in [-0.15, -0.1) is 0 Å². The van der Waals surface area contributed by atoms with E-state index in [4.69, 9.17) is 4.74 Å². The number of halogens is 1. The van der Waals surface area contributed by atoms with Crippen molar-refractivity contribution in [1.82, 2.24) is 4.90 Å². The molecule has 0 aromatic heterocycles. The van der Waals surface area contributed by atoms with Crippen molar-refractivity contribution in [3.63, 3.8) is 0 Å². The predicted octanol–water partition coefficient (Wildman–Crippen LogP) is 3.85. The molecule has 2 N–H and O–H groups in total. The summed E-state index contributed by atoms with van der Waals surface area (Å²) in [6.45, 7) is 2.42. The third kappa shape index (κ3) is 5.12. The highest BCUT2D eigenvalue weighted by molar-refractivity contribution is 6.27. The van der Waals surface area contributed by atoms with Gasteiger partial charge in [0.05, 0.1) is 12.7 Å². The number of ether oxygens (including phenoxy) is 1. The summed E-state index contributed by atoms with van der Waals surface area (Å²) >= 11 is 0. The highest BCUT2D eigenvalue weighted by atomic mass is 19.1. The van der Waals surface area contributed by atoms with Gasteiger partial charge in [0.1, 0.15) is 17.1 Å². The molecule has 0 spiro atoms. The first-order chi connectivity index (χ1) is 16.8. The number of hydrogen-bond donors (Lipinski definition) is 2. The first-order valence-electron chi connectivity index (χ1n) is 11.7. The number of aliphatic hydroxyl groups excluding tert-OH is 1. The normalized spacial score (nSPS) is 16.1. The molecule has 8 heteroatoms. The molecular formula is C27H29FN2O5. The maximum Gasteiger partial charge on any atom is 0.337 e. The summed E-state index contributed by atoms with van der Waals surface area (Å²) in [6, 6.07) is 7.40. The number of carbonyl (C=O) groups excluding carboxylic acids is 3. The van der Waals surface area contributed by atoms with Crippen LogP contribution < -0.4 is 5.32 Å². The summed E-state index contributed by atoms with van der Waals surface area (Å²) in [6.07, 6.45) is 3.12. The Morgan fingerprint density at radius 2 is 1.86 bits per heavy atom. The molecule has 2 aromatic rings. The van der Waals surface area contributed by atoms with Crippen molar-refractivity contribution in [2.45, 2.75) is 38.6 Å². The maximum absolute atomic E-state index is 14.1. The smallest absolute Gasteiger partial charge is 0.337 e. The summed E-state index contributed by atoms with van der Waals surface area (Å²) in [5.41, 5.74) is 2.54. The van der Waals surface area contributed by atoms with Gasteiger partial charge in [0.25, 0.3) is 0 Å². The first kappa shape index (κ1) is 24.6. The van der Waals surface area contributed by atoms with E-state index in [1.807, 2.05) is 0 Å². The molecule has 1 aliphatic heterocycles. The lowest BCUT2D eigenvalue weighted by atomic mass is 9.84. The SMILES string of the molecule is CNc1cc(F)cc2c1CC(=O)C(C(=O)Cc1ccc(C(=O)OC)cc1CN1CCCCC1)=C2O. The summed E-state index contributed by atoms with van der Waals surface area (Å²) in [5.74, 6) is -2.60. The van der Waals surface area contributed by atoms with Gasteiger partial charge in [-0.25, -0.2) is 9.18 Å². The van der Waals surface area contributed by atoms with Gasteiger partial charge >= 0.3 is 5.97 Å². The van der Waals surface area contributed by atoms with Gasteiger partial charge in [-0.2, -0.15) is 0 Å². The standard InChI is InChI=1S/C27H29FN2O5/c1-29-22-13-19(28)12-21-20(22)14-24(32)25(26(21)33)23(31)11-16-6-7-17(27(34)35-2)10-18(16)15-30-8-4-3-5-9-30/h6-7,10,12-13,29,33H,3-5,8-9,11,14-15H2,1-2H3.